The van der Waals surface area contributed by atoms with Crippen LogP contribution >= 0.6 is 23.2 Å². The van der Waals surface area contributed by atoms with E-state index in [1.54, 1.807) is 13.2 Å². The summed E-state index contributed by atoms with van der Waals surface area (Å²) < 4.78 is 5.15. The van der Waals surface area contributed by atoms with Crippen LogP contribution < -0.4 is 4.74 Å². The number of hydrogen-bond donors (Lipinski definition) is 0. The van der Waals surface area contributed by atoms with E-state index in [-0.39, 0.29) is 0 Å². The maximum absolute atomic E-state index is 6.29. The molecule has 3 nitrogen and oxygen atoms in total. The van der Waals surface area contributed by atoms with Crippen molar-refractivity contribution >= 4 is 23.2 Å². The molecule has 0 unspecified atom stereocenters. The third kappa shape index (κ3) is 2.48. The second-order valence-corrected chi connectivity index (χ2v) is 5.58. The van der Waals surface area contributed by atoms with Crippen molar-refractivity contribution in [3.8, 4) is 17.1 Å². The van der Waals surface area contributed by atoms with Gasteiger partial charge in [0.25, 0.3) is 0 Å². The first kappa shape index (κ1) is 13.7. The first-order valence-electron chi connectivity index (χ1n) is 6.58. The van der Waals surface area contributed by atoms with Gasteiger partial charge in [0.15, 0.2) is 5.82 Å². The Hall–Kier alpha value is -1.32. The van der Waals surface area contributed by atoms with E-state index >= 15 is 0 Å². The predicted octanol–water partition coefficient (Wildman–Crippen LogP) is 4.34. The summed E-state index contributed by atoms with van der Waals surface area (Å²) in [5, 5.41) is 1.11. The van der Waals surface area contributed by atoms with Crippen molar-refractivity contribution in [1.29, 1.82) is 0 Å². The molecule has 1 aromatic heterocycles. The SMILES string of the molecule is COc1ccc(-c2nc(Cl)c3c(n2)CCCC3)cc1Cl. The minimum Gasteiger partial charge on any atom is -0.495 e. The number of nitrogens with zero attached hydrogens (tertiary/aromatic N) is 2. The molecule has 0 saturated heterocycles. The highest BCUT2D eigenvalue weighted by Gasteiger charge is 2.17. The molecule has 3 rings (SSSR count). The lowest BCUT2D eigenvalue weighted by Gasteiger charge is -2.16. The van der Waals surface area contributed by atoms with Gasteiger partial charge in [-0.25, -0.2) is 9.97 Å². The molecule has 1 aromatic carbocycles. The van der Waals surface area contributed by atoms with Gasteiger partial charge >= 0.3 is 0 Å². The van der Waals surface area contributed by atoms with Gasteiger partial charge in [-0.05, 0) is 43.9 Å². The molecule has 0 N–H and O–H groups in total. The summed E-state index contributed by atoms with van der Waals surface area (Å²) in [7, 11) is 1.59. The molecular formula is C15H14Cl2N2O. The normalized spacial score (nSPS) is 13.9. The Bertz CT molecular complexity index is 659. The van der Waals surface area contributed by atoms with Gasteiger partial charge < -0.3 is 4.74 Å². The molecule has 0 amide bonds. The third-order valence-electron chi connectivity index (χ3n) is 3.54. The Morgan fingerprint density at radius 1 is 1.10 bits per heavy atom. The number of aromatic nitrogens is 2. The molecule has 0 atom stereocenters. The molecule has 0 bridgehead atoms. The number of halogens is 2. The molecule has 1 aliphatic carbocycles. The zero-order valence-corrected chi connectivity index (χ0v) is 12.6. The van der Waals surface area contributed by atoms with Gasteiger partial charge in [-0.15, -0.1) is 0 Å². The van der Waals surface area contributed by atoms with E-state index in [4.69, 9.17) is 27.9 Å². The van der Waals surface area contributed by atoms with Crippen molar-refractivity contribution < 1.29 is 4.74 Å². The van der Waals surface area contributed by atoms with Crippen LogP contribution in [0, 0.1) is 0 Å². The molecule has 1 aliphatic rings. The number of aryl methyl sites for hydroxylation is 1. The number of ether oxygens (including phenoxy) is 1. The smallest absolute Gasteiger partial charge is 0.161 e. The van der Waals surface area contributed by atoms with Crippen molar-refractivity contribution in [2.75, 3.05) is 7.11 Å². The van der Waals surface area contributed by atoms with Gasteiger partial charge in [0.05, 0.1) is 12.1 Å². The van der Waals surface area contributed by atoms with Crippen LogP contribution in [0.15, 0.2) is 18.2 Å². The van der Waals surface area contributed by atoms with E-state index in [2.05, 4.69) is 9.97 Å². The summed E-state index contributed by atoms with van der Waals surface area (Å²) in [6.45, 7) is 0. The molecule has 0 radical (unpaired) electrons. The third-order valence-corrected chi connectivity index (χ3v) is 4.15. The lowest BCUT2D eigenvalue weighted by molar-refractivity contribution is 0.415. The van der Waals surface area contributed by atoms with Crippen LogP contribution in [-0.2, 0) is 12.8 Å². The van der Waals surface area contributed by atoms with Crippen molar-refractivity contribution in [3.63, 3.8) is 0 Å². The van der Waals surface area contributed by atoms with Gasteiger partial charge in [0.2, 0.25) is 0 Å². The zero-order chi connectivity index (χ0) is 14.1. The lowest BCUT2D eigenvalue weighted by atomic mass is 9.97. The van der Waals surface area contributed by atoms with Crippen LogP contribution in [0.2, 0.25) is 10.2 Å². The van der Waals surface area contributed by atoms with Gasteiger partial charge in [-0.2, -0.15) is 0 Å². The number of benzene rings is 1. The molecule has 0 spiro atoms. The van der Waals surface area contributed by atoms with Crippen molar-refractivity contribution in [2.45, 2.75) is 25.7 Å². The molecule has 0 aliphatic heterocycles. The first-order valence-corrected chi connectivity index (χ1v) is 7.34. The van der Waals surface area contributed by atoms with Gasteiger partial charge in [-0.1, -0.05) is 23.2 Å². The van der Waals surface area contributed by atoms with Crippen LogP contribution in [0.3, 0.4) is 0 Å². The fourth-order valence-electron chi connectivity index (χ4n) is 2.48. The van der Waals surface area contributed by atoms with E-state index in [0.717, 1.165) is 42.5 Å². The van der Waals surface area contributed by atoms with E-state index in [1.165, 1.54) is 0 Å². The Morgan fingerprint density at radius 3 is 2.65 bits per heavy atom. The quantitative estimate of drug-likeness (QED) is 0.774. The molecular weight excluding hydrogens is 295 g/mol. The molecule has 0 saturated carbocycles. The molecule has 0 fully saturated rings. The minimum absolute atomic E-state index is 0.544. The van der Waals surface area contributed by atoms with Crippen LogP contribution in [-0.4, -0.2) is 17.1 Å². The summed E-state index contributed by atoms with van der Waals surface area (Å²) in [5.74, 6) is 1.26. The van der Waals surface area contributed by atoms with E-state index in [9.17, 15) is 0 Å². The summed E-state index contributed by atoms with van der Waals surface area (Å²) in [4.78, 5) is 9.05. The lowest BCUT2D eigenvalue weighted by Crippen LogP contribution is -2.08. The van der Waals surface area contributed by atoms with Gasteiger partial charge in [0.1, 0.15) is 10.9 Å². The molecule has 5 heteroatoms. The van der Waals surface area contributed by atoms with E-state index in [1.807, 2.05) is 12.1 Å². The second-order valence-electron chi connectivity index (χ2n) is 4.82. The monoisotopic (exact) mass is 308 g/mol. The highest BCUT2D eigenvalue weighted by Crippen LogP contribution is 2.31. The van der Waals surface area contributed by atoms with Crippen LogP contribution in [0.5, 0.6) is 5.75 Å². The number of methoxy groups -OCH3 is 1. The van der Waals surface area contributed by atoms with Crippen LogP contribution in [0.4, 0.5) is 0 Å². The standard InChI is InChI=1S/C15H14Cl2N2O/c1-20-13-7-6-9(8-11(13)16)15-18-12-5-3-2-4-10(12)14(17)19-15/h6-8H,2-5H2,1H3. The van der Waals surface area contributed by atoms with Crippen LogP contribution in [0.25, 0.3) is 11.4 Å². The fraction of sp³-hybridized carbons (Fsp3) is 0.333. The second kappa shape index (κ2) is 5.58. The summed E-state index contributed by atoms with van der Waals surface area (Å²) >= 11 is 12.4. The Labute approximate surface area is 127 Å². The highest BCUT2D eigenvalue weighted by molar-refractivity contribution is 6.32. The Morgan fingerprint density at radius 2 is 1.90 bits per heavy atom. The average Bonchev–Trinajstić information content (AvgIpc) is 2.47. The molecule has 104 valence electrons. The Balaban J connectivity index is 2.06. The van der Waals surface area contributed by atoms with Crippen LogP contribution in [0.1, 0.15) is 24.1 Å². The van der Waals surface area contributed by atoms with Crippen molar-refractivity contribution in [1.82, 2.24) is 9.97 Å². The summed E-state index contributed by atoms with van der Waals surface area (Å²) in [5.41, 5.74) is 3.02. The minimum atomic E-state index is 0.544. The Kier molecular flexibility index (Phi) is 3.81. The molecule has 20 heavy (non-hydrogen) atoms. The highest BCUT2D eigenvalue weighted by atomic mass is 35.5. The fourth-order valence-corrected chi connectivity index (χ4v) is 3.02. The maximum Gasteiger partial charge on any atom is 0.161 e. The van der Waals surface area contributed by atoms with E-state index < -0.39 is 0 Å². The average molecular weight is 309 g/mol. The maximum atomic E-state index is 6.29. The number of rotatable bonds is 2. The van der Waals surface area contributed by atoms with Gasteiger partial charge in [-0.3, -0.25) is 0 Å². The molecule has 1 heterocycles. The van der Waals surface area contributed by atoms with Gasteiger partial charge in [0, 0.05) is 16.8 Å². The summed E-state index contributed by atoms with van der Waals surface area (Å²) in [6, 6.07) is 5.52. The largest absolute Gasteiger partial charge is 0.495 e. The number of hydrogen-bond acceptors (Lipinski definition) is 3. The molecule has 2 aromatic rings. The predicted molar refractivity (Wildman–Crippen MR) is 80.7 cm³/mol. The topological polar surface area (TPSA) is 35.0 Å². The van der Waals surface area contributed by atoms with E-state index in [0.29, 0.717) is 21.7 Å². The summed E-state index contributed by atoms with van der Waals surface area (Å²) in [6.07, 6.45) is 4.25. The first-order chi connectivity index (χ1) is 9.69. The number of fused-ring (bicyclic) bond motifs is 1. The van der Waals surface area contributed by atoms with Crippen molar-refractivity contribution in [3.05, 3.63) is 39.6 Å². The van der Waals surface area contributed by atoms with Crippen molar-refractivity contribution in [2.24, 2.45) is 0 Å². The zero-order valence-electron chi connectivity index (χ0n) is 11.1.